The first kappa shape index (κ1) is 12.7. The number of nitrogens with one attached hydrogen (secondary N) is 1. The summed E-state index contributed by atoms with van der Waals surface area (Å²) < 4.78 is 15.7. The summed E-state index contributed by atoms with van der Waals surface area (Å²) in [6.07, 6.45) is 5.04. The molecule has 2 heterocycles. The van der Waals surface area contributed by atoms with Crippen molar-refractivity contribution >= 4 is 0 Å². The zero-order valence-electron chi connectivity index (χ0n) is 10.8. The molecule has 0 aliphatic carbocycles. The Balaban J connectivity index is 2.30. The van der Waals surface area contributed by atoms with E-state index in [1.807, 2.05) is 20.8 Å². The van der Waals surface area contributed by atoms with E-state index >= 15 is 0 Å². The molecule has 18 heavy (non-hydrogen) atoms. The van der Waals surface area contributed by atoms with Crippen molar-refractivity contribution in [3.05, 3.63) is 41.6 Å². The molecule has 2 aromatic heterocycles. The third kappa shape index (κ3) is 2.73. The maximum atomic E-state index is 14.3. The minimum absolute atomic E-state index is 0.242. The normalized spacial score (nSPS) is 11.2. The van der Waals surface area contributed by atoms with Crippen molar-refractivity contribution in [2.75, 3.05) is 0 Å². The van der Waals surface area contributed by atoms with E-state index in [0.717, 1.165) is 5.56 Å². The molecule has 0 unspecified atom stereocenters. The molecule has 0 fully saturated rings. The molecule has 4 nitrogen and oxygen atoms in total. The minimum atomic E-state index is -0.325. The van der Waals surface area contributed by atoms with Crippen LogP contribution >= 0.6 is 0 Å². The highest BCUT2D eigenvalue weighted by molar-refractivity contribution is 5.30. The summed E-state index contributed by atoms with van der Waals surface area (Å²) >= 11 is 0. The molecule has 0 spiro atoms. The highest BCUT2D eigenvalue weighted by atomic mass is 19.1. The van der Waals surface area contributed by atoms with Gasteiger partial charge in [0.05, 0.1) is 6.20 Å². The molecule has 96 valence electrons. The summed E-state index contributed by atoms with van der Waals surface area (Å²) in [7, 11) is 0. The Kier molecular flexibility index (Phi) is 3.72. The van der Waals surface area contributed by atoms with Crippen LogP contribution in [0.4, 0.5) is 4.39 Å². The maximum absolute atomic E-state index is 14.3. The summed E-state index contributed by atoms with van der Waals surface area (Å²) in [6.45, 7) is 6.44. The fourth-order valence-corrected chi connectivity index (χ4v) is 1.61. The van der Waals surface area contributed by atoms with Crippen LogP contribution in [0, 0.1) is 12.7 Å². The minimum Gasteiger partial charge on any atom is -0.310 e. The molecular weight excluding hydrogens is 231 g/mol. The van der Waals surface area contributed by atoms with Crippen LogP contribution in [-0.4, -0.2) is 20.8 Å². The fraction of sp³-hybridized carbons (Fsp3) is 0.385. The van der Waals surface area contributed by atoms with Crippen LogP contribution in [0.2, 0.25) is 0 Å². The topological polar surface area (TPSA) is 42.7 Å². The van der Waals surface area contributed by atoms with Crippen molar-refractivity contribution in [3.8, 4) is 5.82 Å². The fourth-order valence-electron chi connectivity index (χ4n) is 1.61. The van der Waals surface area contributed by atoms with E-state index in [9.17, 15) is 4.39 Å². The van der Waals surface area contributed by atoms with Gasteiger partial charge < -0.3 is 5.32 Å². The van der Waals surface area contributed by atoms with Gasteiger partial charge in [-0.25, -0.2) is 14.1 Å². The molecular formula is C13H17FN4. The number of hydrogen-bond donors (Lipinski definition) is 1. The monoisotopic (exact) mass is 248 g/mol. The lowest BCUT2D eigenvalue weighted by atomic mass is 10.2. The van der Waals surface area contributed by atoms with E-state index in [0.29, 0.717) is 18.2 Å². The third-order valence-electron chi connectivity index (χ3n) is 2.58. The van der Waals surface area contributed by atoms with E-state index in [1.54, 1.807) is 24.7 Å². The smallest absolute Gasteiger partial charge is 0.190 e. The molecule has 0 aromatic carbocycles. The number of rotatable bonds is 4. The summed E-state index contributed by atoms with van der Waals surface area (Å²) in [5.74, 6) is -0.0834. The van der Waals surface area contributed by atoms with Crippen molar-refractivity contribution < 1.29 is 4.39 Å². The molecule has 0 saturated carbocycles. The molecule has 2 aromatic rings. The number of aryl methyl sites for hydroxylation is 1. The van der Waals surface area contributed by atoms with Crippen LogP contribution in [-0.2, 0) is 6.54 Å². The van der Waals surface area contributed by atoms with Crippen LogP contribution in [0.3, 0.4) is 0 Å². The second-order valence-corrected chi connectivity index (χ2v) is 4.61. The first-order valence-electron chi connectivity index (χ1n) is 5.96. The van der Waals surface area contributed by atoms with Crippen LogP contribution < -0.4 is 5.32 Å². The van der Waals surface area contributed by atoms with Crippen LogP contribution in [0.5, 0.6) is 0 Å². The standard InChI is InChI=1S/C13H17FN4/c1-9(2)16-7-11-4-5-15-13(12(11)14)18-8-10(3)6-17-18/h4-6,8-9,16H,7H2,1-3H3. The van der Waals surface area contributed by atoms with Gasteiger partial charge in [-0.15, -0.1) is 0 Å². The molecule has 0 radical (unpaired) electrons. The van der Waals surface area contributed by atoms with Gasteiger partial charge in [0, 0.05) is 30.5 Å². The molecule has 0 aliphatic heterocycles. The predicted octanol–water partition coefficient (Wildman–Crippen LogP) is 2.21. The highest BCUT2D eigenvalue weighted by Crippen LogP contribution is 2.14. The first-order valence-corrected chi connectivity index (χ1v) is 5.96. The largest absolute Gasteiger partial charge is 0.310 e. The summed E-state index contributed by atoms with van der Waals surface area (Å²) in [5, 5.41) is 7.27. The Hall–Kier alpha value is -1.75. The van der Waals surface area contributed by atoms with E-state index < -0.39 is 0 Å². The van der Waals surface area contributed by atoms with Crippen molar-refractivity contribution in [2.24, 2.45) is 0 Å². The number of aromatic nitrogens is 3. The van der Waals surface area contributed by atoms with Gasteiger partial charge >= 0.3 is 0 Å². The lowest BCUT2D eigenvalue weighted by molar-refractivity contribution is 0.542. The molecule has 0 saturated heterocycles. The Morgan fingerprint density at radius 3 is 2.83 bits per heavy atom. The Bertz CT molecular complexity index is 534. The van der Waals surface area contributed by atoms with Crippen LogP contribution in [0.15, 0.2) is 24.7 Å². The third-order valence-corrected chi connectivity index (χ3v) is 2.58. The number of halogens is 1. The Morgan fingerprint density at radius 1 is 1.44 bits per heavy atom. The molecule has 5 heteroatoms. The average molecular weight is 248 g/mol. The van der Waals surface area contributed by atoms with E-state index in [1.165, 1.54) is 4.68 Å². The quantitative estimate of drug-likeness (QED) is 0.902. The first-order chi connectivity index (χ1) is 8.58. The van der Waals surface area contributed by atoms with Gasteiger partial charge in [0.1, 0.15) is 0 Å². The highest BCUT2D eigenvalue weighted by Gasteiger charge is 2.12. The molecule has 0 bridgehead atoms. The maximum Gasteiger partial charge on any atom is 0.190 e. The summed E-state index contributed by atoms with van der Waals surface area (Å²) in [5.41, 5.74) is 1.57. The average Bonchev–Trinajstić information content (AvgIpc) is 2.74. The molecule has 0 amide bonds. The van der Waals surface area contributed by atoms with Crippen LogP contribution in [0.1, 0.15) is 25.0 Å². The van der Waals surface area contributed by atoms with E-state index in [-0.39, 0.29) is 11.6 Å². The molecule has 0 atom stereocenters. The van der Waals surface area contributed by atoms with Gasteiger partial charge in [-0.2, -0.15) is 5.10 Å². The van der Waals surface area contributed by atoms with Gasteiger partial charge in [0.2, 0.25) is 0 Å². The molecule has 0 aliphatic rings. The van der Waals surface area contributed by atoms with Gasteiger partial charge in [-0.1, -0.05) is 13.8 Å². The zero-order valence-corrected chi connectivity index (χ0v) is 10.8. The van der Waals surface area contributed by atoms with E-state index in [4.69, 9.17) is 0 Å². The summed E-state index contributed by atoms with van der Waals surface area (Å²) in [6, 6.07) is 2.00. The Morgan fingerprint density at radius 2 is 2.22 bits per heavy atom. The van der Waals surface area contributed by atoms with Gasteiger partial charge in [-0.05, 0) is 18.6 Å². The second-order valence-electron chi connectivity index (χ2n) is 4.61. The predicted molar refractivity (Wildman–Crippen MR) is 68.0 cm³/mol. The van der Waals surface area contributed by atoms with Gasteiger partial charge in [-0.3, -0.25) is 0 Å². The number of pyridine rings is 1. The van der Waals surface area contributed by atoms with Crippen LogP contribution in [0.25, 0.3) is 5.82 Å². The molecule has 2 rings (SSSR count). The van der Waals surface area contributed by atoms with Crippen molar-refractivity contribution in [2.45, 2.75) is 33.4 Å². The SMILES string of the molecule is Cc1cnn(-c2nccc(CNC(C)C)c2F)c1. The molecule has 1 N–H and O–H groups in total. The summed E-state index contributed by atoms with van der Waals surface area (Å²) in [4.78, 5) is 4.05. The van der Waals surface area contributed by atoms with Crippen molar-refractivity contribution in [1.82, 2.24) is 20.1 Å². The number of nitrogens with zero attached hydrogens (tertiary/aromatic N) is 3. The second kappa shape index (κ2) is 5.27. The zero-order chi connectivity index (χ0) is 13.1. The van der Waals surface area contributed by atoms with Crippen molar-refractivity contribution in [1.29, 1.82) is 0 Å². The van der Waals surface area contributed by atoms with Gasteiger partial charge in [0.25, 0.3) is 0 Å². The van der Waals surface area contributed by atoms with E-state index in [2.05, 4.69) is 15.4 Å². The number of hydrogen-bond acceptors (Lipinski definition) is 3. The lowest BCUT2D eigenvalue weighted by Crippen LogP contribution is -2.23. The Labute approximate surface area is 106 Å². The van der Waals surface area contributed by atoms with Gasteiger partial charge in [0.15, 0.2) is 11.6 Å². The van der Waals surface area contributed by atoms with Crippen molar-refractivity contribution in [3.63, 3.8) is 0 Å². The lowest BCUT2D eigenvalue weighted by Gasteiger charge is -2.10.